The van der Waals surface area contributed by atoms with Crippen molar-refractivity contribution in [3.05, 3.63) is 75.9 Å². The summed E-state index contributed by atoms with van der Waals surface area (Å²) in [5, 5.41) is 2.19. The smallest absolute Gasteiger partial charge is 0.337 e. The zero-order chi connectivity index (χ0) is 21.7. The van der Waals surface area contributed by atoms with Crippen molar-refractivity contribution in [1.29, 1.82) is 0 Å². The van der Waals surface area contributed by atoms with E-state index in [9.17, 15) is 23.6 Å². The minimum Gasteiger partial charge on any atom is -0.465 e. The van der Waals surface area contributed by atoms with Gasteiger partial charge in [0.25, 0.3) is 17.1 Å². The van der Waals surface area contributed by atoms with Crippen LogP contribution in [0.25, 0.3) is 6.08 Å². The molecule has 154 valence electrons. The number of hydrogen-bond donors (Lipinski definition) is 1. The lowest BCUT2D eigenvalue weighted by Crippen LogP contribution is -2.37. The van der Waals surface area contributed by atoms with Crippen LogP contribution in [-0.2, 0) is 9.53 Å². The number of ether oxygens (including phenoxy) is 1. The third-order valence-corrected chi connectivity index (χ3v) is 5.14. The molecule has 1 saturated heterocycles. The monoisotopic (exact) mass is 428 g/mol. The fourth-order valence-electron chi connectivity index (χ4n) is 2.66. The quantitative estimate of drug-likeness (QED) is 0.562. The Morgan fingerprint density at radius 3 is 2.33 bits per heavy atom. The Bertz CT molecular complexity index is 1020. The van der Waals surface area contributed by atoms with Crippen LogP contribution < -0.4 is 5.32 Å². The highest BCUT2D eigenvalue weighted by atomic mass is 32.2. The zero-order valence-corrected chi connectivity index (χ0v) is 16.7. The number of carbonyl (C=O) groups excluding carboxylic acids is 4. The standard InChI is InChI=1S/C21H17FN2O5S/c1-29-20(27)15-6-4-14(5-7-15)18(25)23-10-11-24-19(26)17(30-21(24)28)12-13-2-8-16(22)9-3-13/h2-9,12H,10-11H2,1H3,(H,23,25). The summed E-state index contributed by atoms with van der Waals surface area (Å²) in [6.07, 6.45) is 1.52. The van der Waals surface area contributed by atoms with Crippen molar-refractivity contribution in [3.63, 3.8) is 0 Å². The first-order valence-electron chi connectivity index (χ1n) is 8.86. The lowest BCUT2D eigenvalue weighted by molar-refractivity contribution is -0.122. The van der Waals surface area contributed by atoms with Gasteiger partial charge in [-0.25, -0.2) is 9.18 Å². The summed E-state index contributed by atoms with van der Waals surface area (Å²) in [7, 11) is 1.27. The number of nitrogens with zero attached hydrogens (tertiary/aromatic N) is 1. The van der Waals surface area contributed by atoms with E-state index in [1.165, 1.54) is 61.7 Å². The molecule has 0 atom stereocenters. The van der Waals surface area contributed by atoms with Crippen LogP contribution in [0.5, 0.6) is 0 Å². The molecule has 3 amide bonds. The average Bonchev–Trinajstić information content (AvgIpc) is 3.02. The first-order chi connectivity index (χ1) is 14.4. The van der Waals surface area contributed by atoms with E-state index >= 15 is 0 Å². The van der Waals surface area contributed by atoms with Gasteiger partial charge in [-0.2, -0.15) is 0 Å². The number of amides is 3. The summed E-state index contributed by atoms with van der Waals surface area (Å²) in [5.74, 6) is -1.77. The molecule has 1 aliphatic rings. The molecule has 0 aliphatic carbocycles. The molecule has 1 aliphatic heterocycles. The number of hydrogen-bond acceptors (Lipinski definition) is 6. The normalized spacial score (nSPS) is 14.9. The Balaban J connectivity index is 1.56. The van der Waals surface area contributed by atoms with Gasteiger partial charge >= 0.3 is 5.97 Å². The van der Waals surface area contributed by atoms with E-state index < -0.39 is 28.8 Å². The molecule has 9 heteroatoms. The van der Waals surface area contributed by atoms with Crippen molar-refractivity contribution in [1.82, 2.24) is 10.2 Å². The highest BCUT2D eigenvalue weighted by molar-refractivity contribution is 8.18. The van der Waals surface area contributed by atoms with Crippen LogP contribution in [0.4, 0.5) is 9.18 Å². The molecule has 1 N–H and O–H groups in total. The number of benzene rings is 2. The average molecular weight is 428 g/mol. The summed E-state index contributed by atoms with van der Waals surface area (Å²) in [6.45, 7) is 0.0802. The number of imide groups is 1. The fraction of sp³-hybridized carbons (Fsp3) is 0.143. The van der Waals surface area contributed by atoms with Gasteiger partial charge in [0.15, 0.2) is 0 Å². The maximum Gasteiger partial charge on any atom is 0.337 e. The summed E-state index contributed by atoms with van der Waals surface area (Å²) in [6, 6.07) is 11.5. The third kappa shape index (κ3) is 4.93. The van der Waals surface area contributed by atoms with E-state index in [0.29, 0.717) is 16.7 Å². The number of rotatable bonds is 6. The Labute approximate surface area is 175 Å². The van der Waals surface area contributed by atoms with E-state index in [4.69, 9.17) is 0 Å². The second-order valence-electron chi connectivity index (χ2n) is 6.21. The lowest BCUT2D eigenvalue weighted by Gasteiger charge is -2.13. The van der Waals surface area contributed by atoms with Gasteiger partial charge in [0.2, 0.25) is 0 Å². The largest absolute Gasteiger partial charge is 0.465 e. The molecule has 1 fully saturated rings. The van der Waals surface area contributed by atoms with Crippen LogP contribution in [0, 0.1) is 5.82 Å². The SMILES string of the molecule is COC(=O)c1ccc(C(=O)NCCN2C(=O)SC(=Cc3ccc(F)cc3)C2=O)cc1. The van der Waals surface area contributed by atoms with Crippen molar-refractivity contribution in [2.24, 2.45) is 0 Å². The summed E-state index contributed by atoms with van der Waals surface area (Å²) in [5.41, 5.74) is 1.25. The van der Waals surface area contributed by atoms with Gasteiger partial charge in [-0.1, -0.05) is 12.1 Å². The van der Waals surface area contributed by atoms with Crippen molar-refractivity contribution in [2.45, 2.75) is 0 Å². The predicted molar refractivity (Wildman–Crippen MR) is 109 cm³/mol. The van der Waals surface area contributed by atoms with Crippen molar-refractivity contribution >= 4 is 40.9 Å². The van der Waals surface area contributed by atoms with E-state index in [-0.39, 0.29) is 18.0 Å². The maximum absolute atomic E-state index is 13.0. The van der Waals surface area contributed by atoms with Crippen molar-refractivity contribution in [3.8, 4) is 0 Å². The zero-order valence-electron chi connectivity index (χ0n) is 15.9. The van der Waals surface area contributed by atoms with E-state index in [2.05, 4.69) is 10.1 Å². The molecule has 0 saturated carbocycles. The molecule has 1 heterocycles. The van der Waals surface area contributed by atoms with Crippen LogP contribution in [0.2, 0.25) is 0 Å². The Morgan fingerprint density at radius 2 is 1.70 bits per heavy atom. The molecule has 3 rings (SSSR count). The van der Waals surface area contributed by atoms with Gasteiger partial charge in [-0.15, -0.1) is 0 Å². The molecule has 7 nitrogen and oxygen atoms in total. The molecule has 0 bridgehead atoms. The van der Waals surface area contributed by atoms with Gasteiger partial charge in [0.1, 0.15) is 5.82 Å². The van der Waals surface area contributed by atoms with Crippen molar-refractivity contribution < 1.29 is 28.3 Å². The lowest BCUT2D eigenvalue weighted by atomic mass is 10.1. The summed E-state index contributed by atoms with van der Waals surface area (Å²) >= 11 is 0.791. The third-order valence-electron chi connectivity index (χ3n) is 4.23. The number of thioether (sulfide) groups is 1. The molecule has 30 heavy (non-hydrogen) atoms. The Hall–Kier alpha value is -3.46. The first-order valence-corrected chi connectivity index (χ1v) is 9.68. The van der Waals surface area contributed by atoms with Crippen LogP contribution in [0.1, 0.15) is 26.3 Å². The van der Waals surface area contributed by atoms with E-state index in [0.717, 1.165) is 16.7 Å². The fourth-order valence-corrected chi connectivity index (χ4v) is 3.53. The molecule has 0 radical (unpaired) electrons. The number of esters is 1. The molecule has 2 aromatic rings. The molecular formula is C21H17FN2O5S. The molecule has 0 spiro atoms. The second kappa shape index (κ2) is 9.36. The number of methoxy groups -OCH3 is 1. The molecule has 2 aromatic carbocycles. The summed E-state index contributed by atoms with van der Waals surface area (Å²) in [4.78, 5) is 49.5. The van der Waals surface area contributed by atoms with Gasteiger partial charge < -0.3 is 10.1 Å². The van der Waals surface area contributed by atoms with Gasteiger partial charge in [-0.3, -0.25) is 19.3 Å². The maximum atomic E-state index is 13.0. The number of carbonyl (C=O) groups is 4. The molecular weight excluding hydrogens is 411 g/mol. The molecule has 0 aromatic heterocycles. The highest BCUT2D eigenvalue weighted by Crippen LogP contribution is 2.31. The molecule has 0 unspecified atom stereocenters. The Kier molecular flexibility index (Phi) is 6.63. The minimum absolute atomic E-state index is 0.0113. The minimum atomic E-state index is -0.505. The van der Waals surface area contributed by atoms with Crippen LogP contribution >= 0.6 is 11.8 Å². The Morgan fingerprint density at radius 1 is 1.07 bits per heavy atom. The van der Waals surface area contributed by atoms with Gasteiger partial charge in [0.05, 0.1) is 17.6 Å². The number of nitrogens with one attached hydrogen (secondary N) is 1. The highest BCUT2D eigenvalue weighted by Gasteiger charge is 2.34. The van der Waals surface area contributed by atoms with E-state index in [1.807, 2.05) is 0 Å². The van der Waals surface area contributed by atoms with E-state index in [1.54, 1.807) is 0 Å². The van der Waals surface area contributed by atoms with Gasteiger partial charge in [0, 0.05) is 18.7 Å². The van der Waals surface area contributed by atoms with Gasteiger partial charge in [-0.05, 0) is 59.8 Å². The van der Waals surface area contributed by atoms with Crippen LogP contribution in [0.15, 0.2) is 53.4 Å². The topological polar surface area (TPSA) is 92.8 Å². The van der Waals surface area contributed by atoms with Crippen molar-refractivity contribution in [2.75, 3.05) is 20.2 Å². The second-order valence-corrected chi connectivity index (χ2v) is 7.20. The number of halogens is 1. The first kappa shape index (κ1) is 21.3. The van der Waals surface area contributed by atoms with Crippen LogP contribution in [-0.4, -0.2) is 48.1 Å². The summed E-state index contributed by atoms with van der Waals surface area (Å²) < 4.78 is 17.6. The van der Waals surface area contributed by atoms with Crippen LogP contribution in [0.3, 0.4) is 0 Å². The predicted octanol–water partition coefficient (Wildman–Crippen LogP) is 3.08.